The fraction of sp³-hybridized carbons (Fsp3) is 0.0952. The first-order valence-corrected chi connectivity index (χ1v) is 10.8. The number of carbonyl (C=O) groups is 1. The van der Waals surface area contributed by atoms with Gasteiger partial charge in [0.25, 0.3) is 10.0 Å². The number of hydrogen-bond donors (Lipinski definition) is 2. The van der Waals surface area contributed by atoms with E-state index in [2.05, 4.69) is 10.6 Å². The van der Waals surface area contributed by atoms with Gasteiger partial charge in [0.15, 0.2) is 0 Å². The maximum absolute atomic E-state index is 13.0. The van der Waals surface area contributed by atoms with Crippen molar-refractivity contribution in [1.29, 1.82) is 0 Å². The van der Waals surface area contributed by atoms with Crippen LogP contribution in [0.1, 0.15) is 5.56 Å². The van der Waals surface area contributed by atoms with Gasteiger partial charge in [-0.2, -0.15) is 0 Å². The molecule has 0 unspecified atom stereocenters. The molecule has 1 aliphatic heterocycles. The molecule has 0 aromatic heterocycles. The number of nitrogens with zero attached hydrogens (tertiary/aromatic N) is 1. The second-order valence-corrected chi connectivity index (χ2v) is 8.87. The van der Waals surface area contributed by atoms with Crippen LogP contribution in [-0.2, 0) is 16.4 Å². The molecule has 8 heteroatoms. The lowest BCUT2D eigenvalue weighted by atomic mass is 10.2. The molecular weight excluding hydrogens is 410 g/mol. The summed E-state index contributed by atoms with van der Waals surface area (Å²) in [5.74, 6) is 0. The van der Waals surface area contributed by atoms with Crippen molar-refractivity contribution in [3.63, 3.8) is 0 Å². The van der Waals surface area contributed by atoms with Crippen LogP contribution in [0.2, 0.25) is 5.02 Å². The Balaban J connectivity index is 1.46. The van der Waals surface area contributed by atoms with Crippen LogP contribution in [0.5, 0.6) is 0 Å². The molecule has 0 aliphatic carbocycles. The summed E-state index contributed by atoms with van der Waals surface area (Å²) in [4.78, 5) is 12.3. The lowest BCUT2D eigenvalue weighted by Gasteiger charge is -2.19. The van der Waals surface area contributed by atoms with E-state index < -0.39 is 16.1 Å². The standard InChI is InChI=1S/C21H18ClN3O3S/c22-16-5-7-17(8-6-16)23-21(26)24-18-9-11-19(12-10-18)29(27,28)25-14-13-15-3-1-2-4-20(15)25/h1-12H,13-14H2,(H2,23,24,26). The van der Waals surface area contributed by atoms with E-state index in [9.17, 15) is 13.2 Å². The van der Waals surface area contributed by atoms with Crippen LogP contribution >= 0.6 is 11.6 Å². The van der Waals surface area contributed by atoms with Crippen molar-refractivity contribution < 1.29 is 13.2 Å². The Hall–Kier alpha value is -3.03. The largest absolute Gasteiger partial charge is 0.323 e. The Morgan fingerprint density at radius 1 is 0.862 bits per heavy atom. The SMILES string of the molecule is O=C(Nc1ccc(Cl)cc1)Nc1ccc(S(=O)(=O)N2CCc3ccccc32)cc1. The van der Waals surface area contributed by atoms with Crippen molar-refractivity contribution in [2.75, 3.05) is 21.5 Å². The number of para-hydroxylation sites is 1. The van der Waals surface area contributed by atoms with Crippen LogP contribution in [-0.4, -0.2) is 21.0 Å². The highest BCUT2D eigenvalue weighted by atomic mass is 35.5. The predicted octanol–water partition coefficient (Wildman–Crippen LogP) is 4.74. The molecule has 29 heavy (non-hydrogen) atoms. The van der Waals surface area contributed by atoms with E-state index in [0.717, 1.165) is 11.3 Å². The van der Waals surface area contributed by atoms with Gasteiger partial charge in [-0.1, -0.05) is 29.8 Å². The van der Waals surface area contributed by atoms with Gasteiger partial charge in [-0.05, 0) is 66.6 Å². The maximum Gasteiger partial charge on any atom is 0.323 e. The highest BCUT2D eigenvalue weighted by Crippen LogP contribution is 2.32. The number of urea groups is 1. The van der Waals surface area contributed by atoms with E-state index in [1.807, 2.05) is 24.3 Å². The Kier molecular flexibility index (Phi) is 5.17. The summed E-state index contributed by atoms with van der Waals surface area (Å²) < 4.78 is 27.5. The average molecular weight is 428 g/mol. The zero-order valence-corrected chi connectivity index (χ0v) is 16.9. The quantitative estimate of drug-likeness (QED) is 0.631. The first kappa shape index (κ1) is 19.3. The summed E-state index contributed by atoms with van der Waals surface area (Å²) in [6.45, 7) is 0.422. The fourth-order valence-electron chi connectivity index (χ4n) is 3.22. The summed E-state index contributed by atoms with van der Waals surface area (Å²) in [6, 6.07) is 19.9. The normalized spacial score (nSPS) is 13.1. The topological polar surface area (TPSA) is 78.5 Å². The molecule has 0 radical (unpaired) electrons. The number of benzene rings is 3. The number of amides is 2. The average Bonchev–Trinajstić information content (AvgIpc) is 3.15. The number of rotatable bonds is 4. The van der Waals surface area contributed by atoms with Crippen LogP contribution < -0.4 is 14.9 Å². The summed E-state index contributed by atoms with van der Waals surface area (Å²) in [5.41, 5.74) is 2.82. The number of halogens is 1. The van der Waals surface area contributed by atoms with Gasteiger partial charge < -0.3 is 10.6 Å². The molecule has 6 nitrogen and oxygen atoms in total. The Labute approximate surface area is 174 Å². The maximum atomic E-state index is 13.0. The monoisotopic (exact) mass is 427 g/mol. The number of nitrogens with one attached hydrogen (secondary N) is 2. The Bertz CT molecular complexity index is 1150. The van der Waals surface area contributed by atoms with Crippen LogP contribution in [0.25, 0.3) is 0 Å². The molecule has 2 N–H and O–H groups in total. The second-order valence-electron chi connectivity index (χ2n) is 6.57. The Morgan fingerprint density at radius 2 is 1.45 bits per heavy atom. The predicted molar refractivity (Wildman–Crippen MR) is 115 cm³/mol. The smallest absolute Gasteiger partial charge is 0.308 e. The zero-order valence-electron chi connectivity index (χ0n) is 15.3. The van der Waals surface area contributed by atoms with Gasteiger partial charge in [0.2, 0.25) is 0 Å². The van der Waals surface area contributed by atoms with Crippen molar-refractivity contribution in [2.24, 2.45) is 0 Å². The molecule has 0 spiro atoms. The molecule has 2 amide bonds. The lowest BCUT2D eigenvalue weighted by molar-refractivity contribution is 0.262. The van der Waals surface area contributed by atoms with E-state index in [1.54, 1.807) is 36.4 Å². The molecular formula is C21H18ClN3O3S. The van der Waals surface area contributed by atoms with Crippen LogP contribution in [0.15, 0.2) is 77.7 Å². The summed E-state index contributed by atoms with van der Waals surface area (Å²) in [7, 11) is -3.66. The van der Waals surface area contributed by atoms with Gasteiger partial charge in [0.1, 0.15) is 0 Å². The molecule has 0 fully saturated rings. The molecule has 0 saturated carbocycles. The van der Waals surface area contributed by atoms with Gasteiger partial charge >= 0.3 is 6.03 Å². The van der Waals surface area contributed by atoms with Crippen molar-refractivity contribution in [3.8, 4) is 0 Å². The number of anilines is 3. The third-order valence-electron chi connectivity index (χ3n) is 4.65. The molecule has 0 bridgehead atoms. The first-order chi connectivity index (χ1) is 13.9. The van der Waals surface area contributed by atoms with Gasteiger partial charge in [0.05, 0.1) is 10.6 Å². The number of carbonyl (C=O) groups excluding carboxylic acids is 1. The number of hydrogen-bond acceptors (Lipinski definition) is 3. The van der Waals surface area contributed by atoms with Gasteiger partial charge in [-0.25, -0.2) is 13.2 Å². The summed E-state index contributed by atoms with van der Waals surface area (Å²) >= 11 is 5.82. The van der Waals surface area contributed by atoms with Crippen molar-refractivity contribution in [2.45, 2.75) is 11.3 Å². The summed E-state index contributed by atoms with van der Waals surface area (Å²) in [5, 5.41) is 5.94. The van der Waals surface area contributed by atoms with Crippen molar-refractivity contribution in [1.82, 2.24) is 0 Å². The fourth-order valence-corrected chi connectivity index (χ4v) is 4.85. The van der Waals surface area contributed by atoms with E-state index in [4.69, 9.17) is 11.6 Å². The van der Waals surface area contributed by atoms with E-state index in [1.165, 1.54) is 16.4 Å². The molecule has 4 rings (SSSR count). The summed E-state index contributed by atoms with van der Waals surface area (Å²) in [6.07, 6.45) is 0.694. The molecule has 3 aromatic carbocycles. The van der Waals surface area contributed by atoms with Crippen molar-refractivity contribution >= 4 is 44.7 Å². The first-order valence-electron chi connectivity index (χ1n) is 8.98. The molecule has 0 atom stereocenters. The third kappa shape index (κ3) is 4.06. The third-order valence-corrected chi connectivity index (χ3v) is 6.73. The van der Waals surface area contributed by atoms with Gasteiger partial charge in [-0.3, -0.25) is 4.31 Å². The molecule has 0 saturated heterocycles. The van der Waals surface area contributed by atoms with Crippen molar-refractivity contribution in [3.05, 3.63) is 83.4 Å². The van der Waals surface area contributed by atoms with E-state index >= 15 is 0 Å². The highest BCUT2D eigenvalue weighted by Gasteiger charge is 2.30. The number of fused-ring (bicyclic) bond motifs is 1. The minimum Gasteiger partial charge on any atom is -0.308 e. The Morgan fingerprint density at radius 3 is 2.10 bits per heavy atom. The number of sulfonamides is 1. The van der Waals surface area contributed by atoms with E-state index in [-0.39, 0.29) is 4.90 Å². The zero-order chi connectivity index (χ0) is 20.4. The molecule has 1 aliphatic rings. The van der Waals surface area contributed by atoms with Gasteiger partial charge in [0, 0.05) is 22.9 Å². The minimum absolute atomic E-state index is 0.179. The van der Waals surface area contributed by atoms with E-state index in [0.29, 0.717) is 29.4 Å². The molecule has 148 valence electrons. The van der Waals surface area contributed by atoms with Crippen LogP contribution in [0.3, 0.4) is 0 Å². The molecule has 3 aromatic rings. The van der Waals surface area contributed by atoms with Gasteiger partial charge in [-0.15, -0.1) is 0 Å². The lowest BCUT2D eigenvalue weighted by Crippen LogP contribution is -2.29. The highest BCUT2D eigenvalue weighted by molar-refractivity contribution is 7.92. The van der Waals surface area contributed by atoms with Crippen LogP contribution in [0.4, 0.5) is 21.9 Å². The van der Waals surface area contributed by atoms with Crippen LogP contribution in [0, 0.1) is 0 Å². The second kappa shape index (κ2) is 7.77. The minimum atomic E-state index is -3.66. The molecule has 1 heterocycles.